The van der Waals surface area contributed by atoms with Gasteiger partial charge < -0.3 is 15.2 Å². The maximum atomic E-state index is 13.3. The summed E-state index contributed by atoms with van der Waals surface area (Å²) >= 11 is 0. The van der Waals surface area contributed by atoms with Crippen LogP contribution in [0, 0.1) is 17.2 Å². The second-order valence-corrected chi connectivity index (χ2v) is 5.94. The first-order valence-electron chi connectivity index (χ1n) is 6.75. The third-order valence-corrected chi connectivity index (χ3v) is 3.76. The van der Waals surface area contributed by atoms with Crippen molar-refractivity contribution in [1.82, 2.24) is 5.32 Å². The van der Waals surface area contributed by atoms with Crippen molar-refractivity contribution in [2.45, 2.75) is 26.4 Å². The summed E-state index contributed by atoms with van der Waals surface area (Å²) in [6.45, 7) is 5.99. The molecule has 1 saturated carbocycles. The minimum absolute atomic E-state index is 0.0992. The van der Waals surface area contributed by atoms with E-state index in [4.69, 9.17) is 4.74 Å². The Bertz CT molecular complexity index is 422. The summed E-state index contributed by atoms with van der Waals surface area (Å²) in [6, 6.07) is 6.22. The fourth-order valence-electron chi connectivity index (χ4n) is 2.16. The predicted molar refractivity (Wildman–Crippen MR) is 72.7 cm³/mol. The molecule has 0 bridgehead atoms. The van der Waals surface area contributed by atoms with Crippen LogP contribution >= 0.6 is 0 Å². The van der Waals surface area contributed by atoms with Gasteiger partial charge in [0.05, 0.1) is 0 Å². The van der Waals surface area contributed by atoms with Gasteiger partial charge in [-0.15, -0.1) is 0 Å². The molecule has 0 radical (unpaired) electrons. The highest BCUT2D eigenvalue weighted by molar-refractivity contribution is 5.23. The van der Waals surface area contributed by atoms with Gasteiger partial charge in [0.1, 0.15) is 12.7 Å². The van der Waals surface area contributed by atoms with Crippen LogP contribution in [0.1, 0.15) is 20.3 Å². The molecule has 0 aliphatic heterocycles. The molecule has 0 heterocycles. The number of aliphatic hydroxyl groups is 1. The molecule has 0 saturated heterocycles. The number of aliphatic hydroxyl groups excluding tert-OH is 1. The SMILES string of the molecule is CC1(C)CC1CNCC(O)COc1ccccc1F. The summed E-state index contributed by atoms with van der Waals surface area (Å²) < 4.78 is 18.5. The van der Waals surface area contributed by atoms with E-state index in [-0.39, 0.29) is 12.4 Å². The molecule has 0 amide bonds. The highest BCUT2D eigenvalue weighted by Crippen LogP contribution is 2.50. The first kappa shape index (κ1) is 14.3. The summed E-state index contributed by atoms with van der Waals surface area (Å²) in [5, 5.41) is 13.0. The Hall–Kier alpha value is -1.13. The molecule has 3 nitrogen and oxygen atoms in total. The Morgan fingerprint density at radius 3 is 2.79 bits per heavy atom. The van der Waals surface area contributed by atoms with Crippen LogP contribution in [0.2, 0.25) is 0 Å². The maximum Gasteiger partial charge on any atom is 0.165 e. The lowest BCUT2D eigenvalue weighted by molar-refractivity contribution is 0.104. The van der Waals surface area contributed by atoms with Crippen molar-refractivity contribution in [2.75, 3.05) is 19.7 Å². The number of hydrogen-bond acceptors (Lipinski definition) is 3. The number of para-hydroxylation sites is 1. The molecular formula is C15H22FNO2. The van der Waals surface area contributed by atoms with Crippen molar-refractivity contribution in [3.05, 3.63) is 30.1 Å². The van der Waals surface area contributed by atoms with Gasteiger partial charge in [-0.2, -0.15) is 0 Å². The zero-order valence-corrected chi connectivity index (χ0v) is 11.5. The molecule has 1 aromatic carbocycles. The number of hydrogen-bond donors (Lipinski definition) is 2. The van der Waals surface area contributed by atoms with Crippen molar-refractivity contribution in [3.8, 4) is 5.75 Å². The first-order chi connectivity index (χ1) is 8.99. The monoisotopic (exact) mass is 267 g/mol. The molecule has 0 aromatic heterocycles. The normalized spacial score (nSPS) is 22.0. The van der Waals surface area contributed by atoms with E-state index in [1.54, 1.807) is 18.2 Å². The third kappa shape index (κ3) is 4.18. The number of halogens is 1. The van der Waals surface area contributed by atoms with E-state index in [9.17, 15) is 9.50 Å². The number of ether oxygens (including phenoxy) is 1. The average Bonchev–Trinajstić information content (AvgIpc) is 2.96. The molecule has 1 aromatic rings. The highest BCUT2D eigenvalue weighted by atomic mass is 19.1. The lowest BCUT2D eigenvalue weighted by Crippen LogP contribution is -2.33. The molecule has 1 fully saturated rings. The highest BCUT2D eigenvalue weighted by Gasteiger charge is 2.44. The van der Waals surface area contributed by atoms with Crippen LogP contribution in [0.5, 0.6) is 5.75 Å². The Balaban J connectivity index is 1.62. The molecule has 1 aliphatic carbocycles. The lowest BCUT2D eigenvalue weighted by atomic mass is 10.1. The van der Waals surface area contributed by atoms with Gasteiger partial charge in [0.15, 0.2) is 11.6 Å². The molecule has 2 atom stereocenters. The topological polar surface area (TPSA) is 41.5 Å². The number of nitrogens with one attached hydrogen (secondary N) is 1. The van der Waals surface area contributed by atoms with E-state index in [1.165, 1.54) is 12.5 Å². The number of benzene rings is 1. The molecular weight excluding hydrogens is 245 g/mol. The van der Waals surface area contributed by atoms with Crippen molar-refractivity contribution in [1.29, 1.82) is 0 Å². The second-order valence-electron chi connectivity index (χ2n) is 5.94. The van der Waals surface area contributed by atoms with Crippen LogP contribution in [-0.4, -0.2) is 30.9 Å². The quantitative estimate of drug-likeness (QED) is 0.796. The zero-order chi connectivity index (χ0) is 13.9. The fraction of sp³-hybridized carbons (Fsp3) is 0.600. The summed E-state index contributed by atoms with van der Waals surface area (Å²) in [4.78, 5) is 0. The minimum Gasteiger partial charge on any atom is -0.488 e. The van der Waals surface area contributed by atoms with Gasteiger partial charge in [0, 0.05) is 6.54 Å². The van der Waals surface area contributed by atoms with Gasteiger partial charge >= 0.3 is 0 Å². The Morgan fingerprint density at radius 2 is 2.16 bits per heavy atom. The van der Waals surface area contributed by atoms with Crippen LogP contribution in [0.15, 0.2) is 24.3 Å². The van der Waals surface area contributed by atoms with E-state index >= 15 is 0 Å². The van der Waals surface area contributed by atoms with Gasteiger partial charge in [-0.3, -0.25) is 0 Å². The van der Waals surface area contributed by atoms with Crippen molar-refractivity contribution in [2.24, 2.45) is 11.3 Å². The predicted octanol–water partition coefficient (Wildman–Crippen LogP) is 2.20. The van der Waals surface area contributed by atoms with Crippen LogP contribution < -0.4 is 10.1 Å². The van der Waals surface area contributed by atoms with Crippen LogP contribution in [0.25, 0.3) is 0 Å². The van der Waals surface area contributed by atoms with E-state index in [0.717, 1.165) is 6.54 Å². The Labute approximate surface area is 113 Å². The van der Waals surface area contributed by atoms with Gasteiger partial charge in [0.25, 0.3) is 0 Å². The lowest BCUT2D eigenvalue weighted by Gasteiger charge is -2.14. The summed E-state index contributed by atoms with van der Waals surface area (Å²) in [5.41, 5.74) is 0.446. The first-order valence-corrected chi connectivity index (χ1v) is 6.75. The van der Waals surface area contributed by atoms with Crippen molar-refractivity contribution >= 4 is 0 Å². The van der Waals surface area contributed by atoms with Gasteiger partial charge in [-0.1, -0.05) is 26.0 Å². The molecule has 19 heavy (non-hydrogen) atoms. The Morgan fingerprint density at radius 1 is 1.47 bits per heavy atom. The molecule has 106 valence electrons. The number of rotatable bonds is 7. The molecule has 0 spiro atoms. The second kappa shape index (κ2) is 5.88. The van der Waals surface area contributed by atoms with Crippen LogP contribution in [0.4, 0.5) is 4.39 Å². The van der Waals surface area contributed by atoms with E-state index < -0.39 is 11.9 Å². The molecule has 4 heteroatoms. The molecule has 2 N–H and O–H groups in total. The standard InChI is InChI=1S/C15H22FNO2/c1-15(2)7-11(15)8-17-9-12(18)10-19-14-6-4-3-5-13(14)16/h3-6,11-12,17-18H,7-10H2,1-2H3. The summed E-state index contributed by atoms with van der Waals surface area (Å²) in [6.07, 6.45) is 0.614. The van der Waals surface area contributed by atoms with Gasteiger partial charge in [-0.25, -0.2) is 4.39 Å². The maximum absolute atomic E-state index is 13.3. The van der Waals surface area contributed by atoms with Crippen LogP contribution in [-0.2, 0) is 0 Å². The van der Waals surface area contributed by atoms with Crippen molar-refractivity contribution in [3.63, 3.8) is 0 Å². The third-order valence-electron chi connectivity index (χ3n) is 3.76. The van der Waals surface area contributed by atoms with E-state index in [0.29, 0.717) is 17.9 Å². The fourth-order valence-corrected chi connectivity index (χ4v) is 2.16. The minimum atomic E-state index is -0.624. The van der Waals surface area contributed by atoms with Gasteiger partial charge in [-0.05, 0) is 36.4 Å². The van der Waals surface area contributed by atoms with Crippen molar-refractivity contribution < 1.29 is 14.2 Å². The van der Waals surface area contributed by atoms with E-state index in [2.05, 4.69) is 19.2 Å². The largest absolute Gasteiger partial charge is 0.488 e. The summed E-state index contributed by atoms with van der Waals surface area (Å²) in [7, 11) is 0. The smallest absolute Gasteiger partial charge is 0.165 e. The molecule has 1 aliphatic rings. The van der Waals surface area contributed by atoms with E-state index in [1.807, 2.05) is 0 Å². The van der Waals surface area contributed by atoms with Gasteiger partial charge in [0.2, 0.25) is 0 Å². The molecule has 2 unspecified atom stereocenters. The Kier molecular flexibility index (Phi) is 4.42. The van der Waals surface area contributed by atoms with Crippen LogP contribution in [0.3, 0.4) is 0 Å². The molecule has 2 rings (SSSR count). The zero-order valence-electron chi connectivity index (χ0n) is 11.5. The average molecular weight is 267 g/mol. The summed E-state index contributed by atoms with van der Waals surface area (Å²) in [5.74, 6) is 0.486.